The second kappa shape index (κ2) is 10.5. The van der Waals surface area contributed by atoms with Gasteiger partial charge in [-0.25, -0.2) is 0 Å². The monoisotopic (exact) mass is 386 g/mol. The molecular formula is C23H34N2O3+2. The zero-order valence-corrected chi connectivity index (χ0v) is 17.0. The fourth-order valence-electron chi connectivity index (χ4n) is 3.46. The summed E-state index contributed by atoms with van der Waals surface area (Å²) in [5, 5.41) is 14.8. The van der Waals surface area contributed by atoms with E-state index in [0.29, 0.717) is 19.2 Å². The van der Waals surface area contributed by atoms with Crippen molar-refractivity contribution in [3.05, 3.63) is 60.2 Å². The molecule has 2 aromatic rings. The van der Waals surface area contributed by atoms with Crippen molar-refractivity contribution in [1.82, 2.24) is 0 Å². The van der Waals surface area contributed by atoms with Crippen LogP contribution in [0.4, 0.5) is 0 Å². The number of hydrogen-bond donors (Lipinski definition) is 3. The number of hydrogen-bond acceptors (Lipinski definition) is 3. The number of aliphatic hydroxyl groups excluding tert-OH is 1. The van der Waals surface area contributed by atoms with Gasteiger partial charge in [-0.3, -0.25) is 0 Å². The molecule has 5 N–H and O–H groups in total. The van der Waals surface area contributed by atoms with Crippen LogP contribution in [0.3, 0.4) is 0 Å². The number of ether oxygens (including phenoxy) is 2. The van der Waals surface area contributed by atoms with Crippen LogP contribution in [0.15, 0.2) is 54.6 Å². The second-order valence-electron chi connectivity index (χ2n) is 7.87. The van der Waals surface area contributed by atoms with Gasteiger partial charge in [0.25, 0.3) is 0 Å². The van der Waals surface area contributed by atoms with E-state index in [0.717, 1.165) is 30.9 Å². The normalized spacial score (nSPS) is 19.0. The lowest BCUT2D eigenvalue weighted by Crippen LogP contribution is -2.97. The molecule has 0 saturated heterocycles. The molecule has 3 rings (SSSR count). The quantitative estimate of drug-likeness (QED) is 0.564. The largest absolute Gasteiger partial charge is 0.486 e. The maximum absolute atomic E-state index is 10.4. The minimum Gasteiger partial charge on any atom is -0.486 e. The molecule has 0 unspecified atom stereocenters. The van der Waals surface area contributed by atoms with Crippen LogP contribution in [0.1, 0.15) is 25.8 Å². The van der Waals surface area contributed by atoms with Gasteiger partial charge in [0.1, 0.15) is 25.7 Å². The third-order valence-corrected chi connectivity index (χ3v) is 5.44. The van der Waals surface area contributed by atoms with Crippen LogP contribution in [0.2, 0.25) is 0 Å². The first-order chi connectivity index (χ1) is 13.6. The molecule has 0 bridgehead atoms. The summed E-state index contributed by atoms with van der Waals surface area (Å²) >= 11 is 0. The van der Waals surface area contributed by atoms with Crippen molar-refractivity contribution in [3.8, 4) is 11.5 Å². The van der Waals surface area contributed by atoms with Gasteiger partial charge in [-0.15, -0.1) is 0 Å². The molecule has 5 heteroatoms. The van der Waals surface area contributed by atoms with Crippen molar-refractivity contribution < 1.29 is 25.2 Å². The Kier molecular flexibility index (Phi) is 7.71. The molecule has 1 heterocycles. The lowest BCUT2D eigenvalue weighted by molar-refractivity contribution is -0.722. The molecule has 0 aliphatic carbocycles. The van der Waals surface area contributed by atoms with Crippen LogP contribution in [0.25, 0.3) is 0 Å². The maximum atomic E-state index is 10.4. The van der Waals surface area contributed by atoms with E-state index in [4.69, 9.17) is 9.47 Å². The third kappa shape index (κ3) is 6.23. The Hall–Kier alpha value is -2.08. The number of fused-ring (bicyclic) bond motifs is 1. The topological polar surface area (TPSA) is 71.9 Å². The van der Waals surface area contributed by atoms with Crippen LogP contribution in [-0.4, -0.2) is 49.1 Å². The summed E-state index contributed by atoms with van der Waals surface area (Å²) < 4.78 is 11.8. The Labute approximate surface area is 168 Å². The fraction of sp³-hybridized carbons (Fsp3) is 0.478. The number of aliphatic hydroxyl groups is 1. The molecule has 152 valence electrons. The van der Waals surface area contributed by atoms with E-state index in [2.05, 4.69) is 54.8 Å². The summed E-state index contributed by atoms with van der Waals surface area (Å²) in [5.41, 5.74) is 1.38. The van der Waals surface area contributed by atoms with Gasteiger partial charge in [0, 0.05) is 6.42 Å². The molecule has 4 atom stereocenters. The molecule has 0 spiro atoms. The lowest BCUT2D eigenvalue weighted by Gasteiger charge is -2.29. The summed E-state index contributed by atoms with van der Waals surface area (Å²) in [6, 6.07) is 19.1. The minimum absolute atomic E-state index is 0.00382. The number of rotatable bonds is 10. The first-order valence-electron chi connectivity index (χ1n) is 10.4. The maximum Gasteiger partial charge on any atom is 0.184 e. The zero-order chi connectivity index (χ0) is 19.8. The summed E-state index contributed by atoms with van der Waals surface area (Å²) in [4.78, 5) is 0. The first kappa shape index (κ1) is 20.6. The predicted molar refractivity (Wildman–Crippen MR) is 110 cm³/mol. The average molecular weight is 387 g/mol. The van der Waals surface area contributed by atoms with E-state index in [1.807, 2.05) is 24.3 Å². The average Bonchev–Trinajstić information content (AvgIpc) is 2.75. The molecule has 0 fully saturated rings. The standard InChI is InChI=1S/C23H32N2O3/c1-17(12-13-19-8-4-3-5-9-19)24-14-20(26)15-25-18(2)23-16-27-21-10-6-7-11-22(21)28-23/h3-11,17-18,20,23-26H,12-16H2,1-2H3/p+2/t17-,18+,20+,23+/m1/s1. The summed E-state index contributed by atoms with van der Waals surface area (Å²) in [7, 11) is 0. The van der Waals surface area contributed by atoms with Crippen molar-refractivity contribution in [2.45, 2.75) is 51.0 Å². The number of benzene rings is 2. The van der Waals surface area contributed by atoms with Gasteiger partial charge in [-0.2, -0.15) is 0 Å². The summed E-state index contributed by atoms with van der Waals surface area (Å²) in [6.45, 7) is 6.30. The van der Waals surface area contributed by atoms with E-state index in [-0.39, 0.29) is 18.2 Å². The van der Waals surface area contributed by atoms with Crippen LogP contribution in [-0.2, 0) is 6.42 Å². The Morgan fingerprint density at radius 1 is 0.964 bits per heavy atom. The van der Waals surface area contributed by atoms with Crippen LogP contribution in [0.5, 0.6) is 11.5 Å². The van der Waals surface area contributed by atoms with Gasteiger partial charge in [-0.05, 0) is 38.0 Å². The highest BCUT2D eigenvalue weighted by Gasteiger charge is 2.28. The van der Waals surface area contributed by atoms with Crippen LogP contribution >= 0.6 is 0 Å². The number of quaternary nitrogens is 2. The fourth-order valence-corrected chi connectivity index (χ4v) is 3.46. The van der Waals surface area contributed by atoms with Crippen LogP contribution < -0.4 is 20.1 Å². The van der Waals surface area contributed by atoms with Gasteiger partial charge >= 0.3 is 0 Å². The smallest absolute Gasteiger partial charge is 0.184 e. The van der Waals surface area contributed by atoms with E-state index in [9.17, 15) is 5.11 Å². The molecule has 0 radical (unpaired) electrons. The highest BCUT2D eigenvalue weighted by Crippen LogP contribution is 2.31. The highest BCUT2D eigenvalue weighted by atomic mass is 16.6. The van der Waals surface area contributed by atoms with Gasteiger partial charge in [0.05, 0.1) is 6.04 Å². The van der Waals surface area contributed by atoms with E-state index in [1.54, 1.807) is 0 Å². The van der Waals surface area contributed by atoms with Crippen LogP contribution in [0, 0.1) is 0 Å². The highest BCUT2D eigenvalue weighted by molar-refractivity contribution is 5.40. The van der Waals surface area contributed by atoms with Crippen molar-refractivity contribution >= 4 is 0 Å². The van der Waals surface area contributed by atoms with Gasteiger partial charge in [-0.1, -0.05) is 42.5 Å². The molecule has 0 amide bonds. The summed E-state index contributed by atoms with van der Waals surface area (Å²) in [5.74, 6) is 1.62. The molecule has 1 aliphatic rings. The molecule has 5 nitrogen and oxygen atoms in total. The van der Waals surface area contributed by atoms with Crippen molar-refractivity contribution in [3.63, 3.8) is 0 Å². The predicted octanol–water partition coefficient (Wildman–Crippen LogP) is 0.724. The lowest BCUT2D eigenvalue weighted by atomic mass is 10.1. The van der Waals surface area contributed by atoms with Gasteiger partial charge in [0.15, 0.2) is 23.7 Å². The van der Waals surface area contributed by atoms with Gasteiger partial charge in [0.2, 0.25) is 0 Å². The molecule has 1 aliphatic heterocycles. The van der Waals surface area contributed by atoms with E-state index in [1.165, 1.54) is 5.56 Å². The SMILES string of the molecule is C[C@H](CCc1ccccc1)[NH2+]C[C@H](O)C[NH2+][C@@H](C)[C@@H]1COc2ccccc2O1. The van der Waals surface area contributed by atoms with E-state index >= 15 is 0 Å². The molecule has 0 saturated carbocycles. The number of para-hydroxylation sites is 2. The van der Waals surface area contributed by atoms with Gasteiger partial charge < -0.3 is 25.2 Å². The number of aryl methyl sites for hydroxylation is 1. The second-order valence-corrected chi connectivity index (χ2v) is 7.87. The Morgan fingerprint density at radius 3 is 2.43 bits per heavy atom. The Morgan fingerprint density at radius 2 is 1.64 bits per heavy atom. The number of nitrogens with two attached hydrogens (primary N) is 2. The third-order valence-electron chi connectivity index (χ3n) is 5.44. The van der Waals surface area contributed by atoms with E-state index < -0.39 is 0 Å². The first-order valence-corrected chi connectivity index (χ1v) is 10.4. The molecule has 0 aromatic heterocycles. The van der Waals surface area contributed by atoms with Crippen molar-refractivity contribution in [1.29, 1.82) is 0 Å². The molecule has 2 aromatic carbocycles. The Balaban J connectivity index is 1.32. The molecular weight excluding hydrogens is 352 g/mol. The minimum atomic E-state index is -0.335. The molecule has 28 heavy (non-hydrogen) atoms. The van der Waals surface area contributed by atoms with Crippen molar-refractivity contribution in [2.75, 3.05) is 19.7 Å². The zero-order valence-electron chi connectivity index (χ0n) is 17.0. The Bertz CT molecular complexity index is 710. The van der Waals surface area contributed by atoms with Crippen molar-refractivity contribution in [2.24, 2.45) is 0 Å². The summed E-state index contributed by atoms with van der Waals surface area (Å²) in [6.07, 6.45) is 1.86.